The van der Waals surface area contributed by atoms with E-state index in [9.17, 15) is 14.4 Å². The van der Waals surface area contributed by atoms with Crippen molar-refractivity contribution in [3.63, 3.8) is 0 Å². The van der Waals surface area contributed by atoms with Crippen LogP contribution in [0.25, 0.3) is 0 Å². The van der Waals surface area contributed by atoms with Crippen molar-refractivity contribution in [3.05, 3.63) is 85.1 Å². The highest BCUT2D eigenvalue weighted by molar-refractivity contribution is 5.71. The molecule has 1 unspecified atom stereocenters. The van der Waals surface area contributed by atoms with Crippen LogP contribution in [-0.2, 0) is 28.6 Å². The van der Waals surface area contributed by atoms with Gasteiger partial charge in [-0.05, 0) is 116 Å². The van der Waals surface area contributed by atoms with E-state index in [4.69, 9.17) is 14.2 Å². The molecule has 0 aromatic carbocycles. The van der Waals surface area contributed by atoms with Gasteiger partial charge in [0.25, 0.3) is 0 Å². The molecule has 0 N–H and O–H groups in total. The zero-order valence-electron chi connectivity index (χ0n) is 42.5. The van der Waals surface area contributed by atoms with Gasteiger partial charge in [-0.2, -0.15) is 0 Å². The summed E-state index contributed by atoms with van der Waals surface area (Å²) in [5.41, 5.74) is 0. The molecule has 1 atom stereocenters. The maximum absolute atomic E-state index is 12.8. The molecule has 0 saturated heterocycles. The number of carbonyl (C=O) groups excluding carboxylic acids is 3. The monoisotopic (exact) mass is 905 g/mol. The Balaban J connectivity index is 4.45. The summed E-state index contributed by atoms with van der Waals surface area (Å²) < 4.78 is 16.8. The third kappa shape index (κ3) is 51.4. The van der Waals surface area contributed by atoms with Gasteiger partial charge in [0.1, 0.15) is 13.2 Å². The van der Waals surface area contributed by atoms with Crippen molar-refractivity contribution in [2.75, 3.05) is 13.2 Å². The summed E-state index contributed by atoms with van der Waals surface area (Å²) in [6, 6.07) is 0. The minimum absolute atomic E-state index is 0.0925. The van der Waals surface area contributed by atoms with E-state index in [1.807, 2.05) is 0 Å². The van der Waals surface area contributed by atoms with E-state index < -0.39 is 6.10 Å². The number of carbonyl (C=O) groups is 3. The summed E-state index contributed by atoms with van der Waals surface area (Å²) >= 11 is 0. The van der Waals surface area contributed by atoms with Gasteiger partial charge in [0.15, 0.2) is 6.10 Å². The number of unbranched alkanes of at least 4 members (excludes halogenated alkanes) is 23. The van der Waals surface area contributed by atoms with Crippen molar-refractivity contribution in [2.45, 2.75) is 258 Å². The topological polar surface area (TPSA) is 78.9 Å². The standard InChI is InChI=1S/C59H100O6/c1-4-7-10-13-16-19-22-25-28-29-32-34-37-40-43-46-49-52-58(61)64-55-56(65-59(62)53-50-47-44-41-38-35-31-27-24-21-18-15-12-9-6-3)54-63-57(60)51-48-45-42-39-36-33-30-26-23-20-17-14-11-8-5-2/h7,10,16-21,25-28,30-31,56H,4-6,8-9,11-15,22-24,29,32-55H2,1-3H3/b10-7-,19-16-,20-17-,21-18-,28-25-,30-26-,31-27-. The van der Waals surface area contributed by atoms with E-state index in [-0.39, 0.29) is 31.1 Å². The van der Waals surface area contributed by atoms with Crippen LogP contribution in [0.4, 0.5) is 0 Å². The highest BCUT2D eigenvalue weighted by Crippen LogP contribution is 2.14. The molecule has 0 bridgehead atoms. The van der Waals surface area contributed by atoms with Crippen LogP contribution in [0.15, 0.2) is 85.1 Å². The molecule has 0 spiro atoms. The van der Waals surface area contributed by atoms with Crippen molar-refractivity contribution < 1.29 is 28.6 Å². The van der Waals surface area contributed by atoms with E-state index in [1.165, 1.54) is 77.0 Å². The Morgan fingerprint density at radius 3 is 0.938 bits per heavy atom. The number of rotatable bonds is 48. The second kappa shape index (κ2) is 53.2. The summed E-state index contributed by atoms with van der Waals surface area (Å²) in [5.74, 6) is -0.928. The lowest BCUT2D eigenvalue weighted by atomic mass is 10.1. The molecule has 0 amide bonds. The third-order valence-corrected chi connectivity index (χ3v) is 11.4. The fourth-order valence-corrected chi connectivity index (χ4v) is 7.28. The zero-order chi connectivity index (χ0) is 47.2. The molecular weight excluding hydrogens is 805 g/mol. The van der Waals surface area contributed by atoms with Gasteiger partial charge in [0.2, 0.25) is 0 Å². The van der Waals surface area contributed by atoms with Gasteiger partial charge in [0, 0.05) is 19.3 Å². The Morgan fingerprint density at radius 2 is 0.600 bits per heavy atom. The fraction of sp³-hybridized carbons (Fsp3) is 0.712. The number of esters is 3. The number of ether oxygens (including phenoxy) is 3. The van der Waals surface area contributed by atoms with Gasteiger partial charge in [-0.15, -0.1) is 0 Å². The Kier molecular flexibility index (Phi) is 50.4. The van der Waals surface area contributed by atoms with Crippen LogP contribution >= 0.6 is 0 Å². The summed E-state index contributed by atoms with van der Waals surface area (Å²) in [5, 5.41) is 0. The molecule has 0 fully saturated rings. The summed E-state index contributed by atoms with van der Waals surface area (Å²) in [4.78, 5) is 38.1. The molecule has 0 rings (SSSR count). The maximum Gasteiger partial charge on any atom is 0.306 e. The van der Waals surface area contributed by atoms with Gasteiger partial charge in [-0.3, -0.25) is 14.4 Å². The van der Waals surface area contributed by atoms with E-state index in [0.29, 0.717) is 19.3 Å². The average molecular weight is 905 g/mol. The van der Waals surface area contributed by atoms with E-state index in [0.717, 1.165) is 135 Å². The van der Waals surface area contributed by atoms with Crippen LogP contribution in [0.5, 0.6) is 0 Å². The molecule has 0 aliphatic carbocycles. The van der Waals surface area contributed by atoms with Crippen LogP contribution in [0.2, 0.25) is 0 Å². The largest absolute Gasteiger partial charge is 0.462 e. The van der Waals surface area contributed by atoms with E-state index in [2.05, 4.69) is 106 Å². The first kappa shape index (κ1) is 61.6. The van der Waals surface area contributed by atoms with Gasteiger partial charge in [0.05, 0.1) is 0 Å². The Hall–Kier alpha value is -3.41. The molecule has 372 valence electrons. The predicted octanol–water partition coefficient (Wildman–Crippen LogP) is 18.0. The molecule has 0 heterocycles. The highest BCUT2D eigenvalue weighted by atomic mass is 16.6. The first-order valence-electron chi connectivity index (χ1n) is 27.1. The fourth-order valence-electron chi connectivity index (χ4n) is 7.28. The SMILES string of the molecule is CC/C=C\C/C=C\C/C=C\CCCCCCCCCC(=O)OCC(COC(=O)CCCCCCC/C=C\C/C=C\CCCCC)OC(=O)CCCCCCC/C=C\C/C=C\CCCCC. The van der Waals surface area contributed by atoms with Crippen molar-refractivity contribution in [3.8, 4) is 0 Å². The molecule has 65 heavy (non-hydrogen) atoms. The lowest BCUT2D eigenvalue weighted by molar-refractivity contribution is -0.167. The molecule has 0 aliphatic heterocycles. The van der Waals surface area contributed by atoms with Crippen LogP contribution in [0, 0.1) is 0 Å². The molecule has 6 heteroatoms. The van der Waals surface area contributed by atoms with Gasteiger partial charge < -0.3 is 14.2 Å². The number of hydrogen-bond donors (Lipinski definition) is 0. The van der Waals surface area contributed by atoms with Crippen molar-refractivity contribution in [1.82, 2.24) is 0 Å². The minimum atomic E-state index is -0.794. The molecule has 6 nitrogen and oxygen atoms in total. The van der Waals surface area contributed by atoms with Crippen LogP contribution in [0.3, 0.4) is 0 Å². The van der Waals surface area contributed by atoms with Crippen LogP contribution in [-0.4, -0.2) is 37.2 Å². The average Bonchev–Trinajstić information content (AvgIpc) is 3.30. The van der Waals surface area contributed by atoms with Gasteiger partial charge in [-0.1, -0.05) is 202 Å². The zero-order valence-corrected chi connectivity index (χ0v) is 42.5. The Bertz CT molecular complexity index is 1270. The Labute approximate surface area is 401 Å². The smallest absolute Gasteiger partial charge is 0.306 e. The highest BCUT2D eigenvalue weighted by Gasteiger charge is 2.19. The molecule has 0 saturated carbocycles. The minimum Gasteiger partial charge on any atom is -0.462 e. The third-order valence-electron chi connectivity index (χ3n) is 11.4. The van der Waals surface area contributed by atoms with E-state index in [1.54, 1.807) is 0 Å². The first-order valence-corrected chi connectivity index (χ1v) is 27.1. The van der Waals surface area contributed by atoms with Gasteiger partial charge in [-0.25, -0.2) is 0 Å². The molecule has 0 radical (unpaired) electrons. The first-order chi connectivity index (χ1) is 32.0. The molecule has 0 aromatic rings. The maximum atomic E-state index is 12.8. The molecule has 0 aromatic heterocycles. The summed E-state index contributed by atoms with van der Waals surface area (Å²) in [6.07, 6.45) is 68.4. The lowest BCUT2D eigenvalue weighted by Gasteiger charge is -2.18. The van der Waals surface area contributed by atoms with Crippen molar-refractivity contribution in [1.29, 1.82) is 0 Å². The molecular formula is C59H100O6. The van der Waals surface area contributed by atoms with E-state index >= 15 is 0 Å². The second-order valence-electron chi connectivity index (χ2n) is 17.7. The normalized spacial score (nSPS) is 12.7. The second-order valence-corrected chi connectivity index (χ2v) is 17.7. The Morgan fingerprint density at radius 1 is 0.323 bits per heavy atom. The lowest BCUT2D eigenvalue weighted by Crippen LogP contribution is -2.30. The van der Waals surface area contributed by atoms with Crippen LogP contribution in [0.1, 0.15) is 252 Å². The van der Waals surface area contributed by atoms with Crippen molar-refractivity contribution in [2.24, 2.45) is 0 Å². The summed E-state index contributed by atoms with van der Waals surface area (Å²) in [6.45, 7) is 6.45. The number of hydrogen-bond acceptors (Lipinski definition) is 6. The number of allylic oxidation sites excluding steroid dienone is 14. The predicted molar refractivity (Wildman–Crippen MR) is 279 cm³/mol. The van der Waals surface area contributed by atoms with Gasteiger partial charge >= 0.3 is 17.9 Å². The quantitative estimate of drug-likeness (QED) is 0.0262. The summed E-state index contributed by atoms with van der Waals surface area (Å²) in [7, 11) is 0. The van der Waals surface area contributed by atoms with Crippen molar-refractivity contribution >= 4 is 17.9 Å². The molecule has 0 aliphatic rings. The van der Waals surface area contributed by atoms with Crippen LogP contribution < -0.4 is 0 Å².